The van der Waals surface area contributed by atoms with E-state index < -0.39 is 22.8 Å². The van der Waals surface area contributed by atoms with Gasteiger partial charge in [-0.3, -0.25) is 24.2 Å². The van der Waals surface area contributed by atoms with Gasteiger partial charge in [0.25, 0.3) is 0 Å². The number of ketones is 1. The Bertz CT molecular complexity index is 1710. The van der Waals surface area contributed by atoms with Crippen LogP contribution < -0.4 is 5.32 Å². The SMILES string of the molecule is CC(C)C1=C2[C@H]3CC[C@@H]4[C@@]5(C)CC[C@H](OC(=O)CC(C)(C)C(=O)O)C(C)(C)[C@@H]5CC[C@@]4(C)[C@]3(C)CC[C@@]2(C=CC(=O)N[C@H](C)c2ccccn2)CC1=O. The van der Waals surface area contributed by atoms with Crippen molar-refractivity contribution in [3.63, 3.8) is 0 Å². The van der Waals surface area contributed by atoms with Gasteiger partial charge >= 0.3 is 11.9 Å². The Morgan fingerprint density at radius 1 is 0.962 bits per heavy atom. The summed E-state index contributed by atoms with van der Waals surface area (Å²) >= 11 is 0. The number of fused-ring (bicyclic) bond motifs is 7. The summed E-state index contributed by atoms with van der Waals surface area (Å²) in [6.45, 7) is 21.5. The first-order valence-corrected chi connectivity index (χ1v) is 20.2. The summed E-state index contributed by atoms with van der Waals surface area (Å²) in [6, 6.07) is 5.48. The summed E-state index contributed by atoms with van der Waals surface area (Å²) in [5.41, 5.74) is 1.39. The van der Waals surface area contributed by atoms with Gasteiger partial charge in [-0.1, -0.05) is 60.6 Å². The smallest absolute Gasteiger partial charge is 0.309 e. The fourth-order valence-electron chi connectivity index (χ4n) is 12.9. The molecule has 8 heteroatoms. The molecule has 290 valence electrons. The van der Waals surface area contributed by atoms with Crippen LogP contribution in [0.4, 0.5) is 0 Å². The maximum absolute atomic E-state index is 14.0. The van der Waals surface area contributed by atoms with Crippen LogP contribution in [-0.2, 0) is 23.9 Å². The summed E-state index contributed by atoms with van der Waals surface area (Å²) in [5, 5.41) is 12.7. The molecule has 1 aromatic rings. The standard InChI is InChI=1S/C45H64N2O6/c1-27(2)37-31(48)25-45(21-18-35(49)47-28(3)30-13-11-12-24-46-30)23-22-43(9)29(38(37)45)14-15-33-42(8)19-17-34(53-36(50)26-40(4,5)39(51)52)41(6,7)32(42)16-20-44(33,43)10/h11-13,18,21,24,27-29,32-34H,14-17,19-20,22-23,25-26H2,1-10H3,(H,47,49)(H,51,52)/t28-,29-,32+,33-,34+,42+,43-,44-,45+/m1/s1. The molecule has 4 fully saturated rings. The van der Waals surface area contributed by atoms with Crippen molar-refractivity contribution < 1.29 is 29.0 Å². The average molecular weight is 729 g/mol. The van der Waals surface area contributed by atoms with Crippen LogP contribution in [0.2, 0.25) is 0 Å². The molecule has 0 saturated heterocycles. The second kappa shape index (κ2) is 13.5. The van der Waals surface area contributed by atoms with Crippen molar-refractivity contribution in [1.82, 2.24) is 10.3 Å². The van der Waals surface area contributed by atoms with E-state index >= 15 is 0 Å². The van der Waals surface area contributed by atoms with Crippen LogP contribution in [0.5, 0.6) is 0 Å². The van der Waals surface area contributed by atoms with Gasteiger partial charge in [0.15, 0.2) is 5.78 Å². The fourth-order valence-corrected chi connectivity index (χ4v) is 12.9. The third-order valence-corrected chi connectivity index (χ3v) is 15.9. The molecule has 1 amide bonds. The molecule has 6 rings (SSSR count). The van der Waals surface area contributed by atoms with Gasteiger partial charge in [0, 0.05) is 23.4 Å². The molecule has 0 spiro atoms. The lowest BCUT2D eigenvalue weighted by Crippen LogP contribution is -2.65. The number of carboxylic acid groups (broad SMARTS) is 1. The highest BCUT2D eigenvalue weighted by Crippen LogP contribution is 2.77. The van der Waals surface area contributed by atoms with E-state index in [-0.39, 0.29) is 63.8 Å². The molecule has 2 N–H and O–H groups in total. The molecule has 5 aliphatic rings. The van der Waals surface area contributed by atoms with Gasteiger partial charge < -0.3 is 15.2 Å². The number of ether oxygens (including phenoxy) is 1. The molecule has 0 unspecified atom stereocenters. The third kappa shape index (κ3) is 6.32. The normalized spacial score (nSPS) is 37.0. The zero-order valence-corrected chi connectivity index (χ0v) is 33.9. The van der Waals surface area contributed by atoms with Gasteiger partial charge in [-0.05, 0) is 141 Å². The van der Waals surface area contributed by atoms with Crippen molar-refractivity contribution in [3.05, 3.63) is 53.4 Å². The zero-order chi connectivity index (χ0) is 38.9. The number of amides is 1. The molecule has 5 aliphatic carbocycles. The Kier molecular flexibility index (Phi) is 10.0. The summed E-state index contributed by atoms with van der Waals surface area (Å²) in [7, 11) is 0. The van der Waals surface area contributed by atoms with Crippen LogP contribution in [0.3, 0.4) is 0 Å². The summed E-state index contributed by atoms with van der Waals surface area (Å²) in [6.07, 6.45) is 13.4. The number of rotatable bonds is 9. The van der Waals surface area contributed by atoms with E-state index in [1.807, 2.05) is 25.1 Å². The van der Waals surface area contributed by atoms with Crippen LogP contribution in [0.25, 0.3) is 0 Å². The molecular formula is C45H64N2O6. The van der Waals surface area contributed by atoms with E-state index in [1.54, 1.807) is 26.1 Å². The average Bonchev–Trinajstić information content (AvgIpc) is 3.38. The molecule has 8 nitrogen and oxygen atoms in total. The lowest BCUT2D eigenvalue weighted by Gasteiger charge is -2.72. The van der Waals surface area contributed by atoms with Crippen LogP contribution in [0, 0.1) is 56.2 Å². The first-order valence-electron chi connectivity index (χ1n) is 20.2. The number of esters is 1. The second-order valence-electron chi connectivity index (χ2n) is 19.9. The summed E-state index contributed by atoms with van der Waals surface area (Å²) < 4.78 is 6.16. The van der Waals surface area contributed by atoms with Gasteiger partial charge in [0.1, 0.15) is 6.10 Å². The van der Waals surface area contributed by atoms with Gasteiger partial charge in [-0.15, -0.1) is 0 Å². The lowest BCUT2D eigenvalue weighted by atomic mass is 9.33. The number of nitrogens with one attached hydrogen (secondary N) is 1. The third-order valence-electron chi connectivity index (χ3n) is 15.9. The highest BCUT2D eigenvalue weighted by atomic mass is 16.5. The van der Waals surface area contributed by atoms with Crippen LogP contribution in [0.1, 0.15) is 145 Å². The van der Waals surface area contributed by atoms with Gasteiger partial charge in [-0.25, -0.2) is 0 Å². The van der Waals surface area contributed by atoms with E-state index in [0.29, 0.717) is 18.3 Å². The first-order chi connectivity index (χ1) is 24.6. The highest BCUT2D eigenvalue weighted by Gasteiger charge is 2.70. The van der Waals surface area contributed by atoms with Crippen LogP contribution in [-0.4, -0.2) is 39.8 Å². The molecule has 0 aromatic carbocycles. The van der Waals surface area contributed by atoms with Gasteiger partial charge in [0.05, 0.1) is 23.6 Å². The van der Waals surface area contributed by atoms with Crippen LogP contribution in [0.15, 0.2) is 47.7 Å². The van der Waals surface area contributed by atoms with E-state index in [0.717, 1.165) is 62.6 Å². The van der Waals surface area contributed by atoms with Crippen molar-refractivity contribution >= 4 is 23.6 Å². The predicted molar refractivity (Wildman–Crippen MR) is 205 cm³/mol. The number of Topliss-reactive ketones (excluding diaryl/α,β-unsaturated/α-hetero) is 1. The second-order valence-corrected chi connectivity index (χ2v) is 19.9. The molecule has 9 atom stereocenters. The summed E-state index contributed by atoms with van der Waals surface area (Å²) in [5.74, 6) is -0.0965. The number of carboxylic acids is 1. The van der Waals surface area contributed by atoms with Gasteiger partial charge in [0.2, 0.25) is 5.91 Å². The quantitative estimate of drug-likeness (QED) is 0.192. The Hall–Kier alpha value is -3.29. The summed E-state index contributed by atoms with van der Waals surface area (Å²) in [4.78, 5) is 56.6. The first kappa shape index (κ1) is 39.4. The molecule has 1 heterocycles. The van der Waals surface area contributed by atoms with E-state index in [4.69, 9.17) is 4.74 Å². The minimum atomic E-state index is -1.17. The Morgan fingerprint density at radius 3 is 2.32 bits per heavy atom. The number of carbonyl (C=O) groups excluding carboxylic acids is 3. The number of pyridine rings is 1. The maximum atomic E-state index is 14.0. The Morgan fingerprint density at radius 2 is 1.68 bits per heavy atom. The Balaban J connectivity index is 1.27. The minimum absolute atomic E-state index is 0.00699. The number of aliphatic carboxylic acids is 1. The van der Waals surface area contributed by atoms with Crippen molar-refractivity contribution in [2.75, 3.05) is 0 Å². The highest BCUT2D eigenvalue weighted by molar-refractivity contribution is 6.01. The number of hydrogen-bond donors (Lipinski definition) is 2. The molecule has 4 saturated carbocycles. The molecule has 0 aliphatic heterocycles. The number of nitrogens with zero attached hydrogens (tertiary/aromatic N) is 1. The number of aromatic nitrogens is 1. The maximum Gasteiger partial charge on any atom is 0.309 e. The van der Waals surface area contributed by atoms with Crippen molar-refractivity contribution in [2.45, 2.75) is 146 Å². The van der Waals surface area contributed by atoms with Crippen molar-refractivity contribution in [3.8, 4) is 0 Å². The fraction of sp³-hybridized carbons (Fsp3) is 0.711. The monoisotopic (exact) mass is 728 g/mol. The van der Waals surface area contributed by atoms with Crippen LogP contribution >= 0.6 is 0 Å². The number of carbonyl (C=O) groups is 4. The van der Waals surface area contributed by atoms with Crippen molar-refractivity contribution in [1.29, 1.82) is 0 Å². The van der Waals surface area contributed by atoms with Gasteiger partial charge in [-0.2, -0.15) is 0 Å². The predicted octanol–water partition coefficient (Wildman–Crippen LogP) is 9.21. The number of allylic oxidation sites excluding steroid dienone is 3. The molecular weight excluding hydrogens is 665 g/mol. The van der Waals surface area contributed by atoms with E-state index in [1.165, 1.54) is 5.57 Å². The molecule has 53 heavy (non-hydrogen) atoms. The molecule has 0 bridgehead atoms. The largest absolute Gasteiger partial charge is 0.481 e. The minimum Gasteiger partial charge on any atom is -0.481 e. The van der Waals surface area contributed by atoms with E-state index in [2.05, 4.69) is 64.8 Å². The number of hydrogen-bond acceptors (Lipinski definition) is 6. The Labute approximate surface area is 317 Å². The topological polar surface area (TPSA) is 123 Å². The lowest BCUT2D eigenvalue weighted by molar-refractivity contribution is -0.232. The molecule has 0 radical (unpaired) electrons. The van der Waals surface area contributed by atoms with Crippen molar-refractivity contribution in [2.24, 2.45) is 56.2 Å². The zero-order valence-electron chi connectivity index (χ0n) is 33.9. The molecule has 1 aromatic heterocycles. The van der Waals surface area contributed by atoms with E-state index in [9.17, 15) is 24.3 Å².